The quantitative estimate of drug-likeness (QED) is 0.624. The Morgan fingerprint density at radius 3 is 2.55 bits per heavy atom. The van der Waals surface area contributed by atoms with Crippen LogP contribution >= 0.6 is 0 Å². The summed E-state index contributed by atoms with van der Waals surface area (Å²) < 4.78 is 10.8. The Labute approximate surface area is 64.8 Å². The van der Waals surface area contributed by atoms with Crippen LogP contribution in [0.5, 0.6) is 0 Å². The maximum Gasteiger partial charge on any atom is 0.172 e. The van der Waals surface area contributed by atoms with E-state index in [1.54, 1.807) is 0 Å². The fourth-order valence-electron chi connectivity index (χ4n) is 1.18. The second-order valence-electron chi connectivity index (χ2n) is 2.65. The first-order chi connectivity index (χ1) is 5.29. The van der Waals surface area contributed by atoms with Gasteiger partial charge in [0.2, 0.25) is 0 Å². The monoisotopic (exact) mass is 150 g/mol. The highest BCUT2D eigenvalue weighted by molar-refractivity contribution is 5.72. The first-order valence-corrected chi connectivity index (χ1v) is 3.78. The standard InChI is InChI=1S/C9H10O2/c1-3-7-5-9-8(11-7)4-6(2)10-9/h4-5H,3H2,1-2H3. The van der Waals surface area contributed by atoms with Crippen LogP contribution in [0.1, 0.15) is 18.4 Å². The molecule has 0 atom stereocenters. The van der Waals surface area contributed by atoms with Crippen LogP contribution in [-0.4, -0.2) is 0 Å². The van der Waals surface area contributed by atoms with Gasteiger partial charge in [0.1, 0.15) is 11.5 Å². The molecule has 2 aromatic heterocycles. The second kappa shape index (κ2) is 2.16. The van der Waals surface area contributed by atoms with Crippen LogP contribution in [0.25, 0.3) is 11.2 Å². The molecule has 2 heterocycles. The van der Waals surface area contributed by atoms with Crippen molar-refractivity contribution in [2.24, 2.45) is 0 Å². The first kappa shape index (κ1) is 6.53. The lowest BCUT2D eigenvalue weighted by Crippen LogP contribution is -1.68. The van der Waals surface area contributed by atoms with Gasteiger partial charge in [0.25, 0.3) is 0 Å². The highest BCUT2D eigenvalue weighted by Gasteiger charge is 2.05. The van der Waals surface area contributed by atoms with E-state index in [0.29, 0.717) is 0 Å². The third-order valence-corrected chi connectivity index (χ3v) is 1.73. The Hall–Kier alpha value is -1.18. The number of hydrogen-bond acceptors (Lipinski definition) is 2. The number of furan rings is 2. The minimum Gasteiger partial charge on any atom is -0.458 e. The molecule has 0 amide bonds. The summed E-state index contributed by atoms with van der Waals surface area (Å²) in [5, 5.41) is 0. The molecule has 0 bridgehead atoms. The normalized spacial score (nSPS) is 11.1. The summed E-state index contributed by atoms with van der Waals surface area (Å²) in [4.78, 5) is 0. The van der Waals surface area contributed by atoms with Crippen LogP contribution in [-0.2, 0) is 6.42 Å². The van der Waals surface area contributed by atoms with Crippen molar-refractivity contribution < 1.29 is 8.83 Å². The van der Waals surface area contributed by atoms with E-state index in [1.807, 2.05) is 19.1 Å². The average Bonchev–Trinajstić information content (AvgIpc) is 2.43. The van der Waals surface area contributed by atoms with Crippen LogP contribution in [0.3, 0.4) is 0 Å². The molecule has 58 valence electrons. The molecule has 2 aromatic rings. The molecule has 0 aliphatic heterocycles. The fourth-order valence-corrected chi connectivity index (χ4v) is 1.18. The van der Waals surface area contributed by atoms with Gasteiger partial charge >= 0.3 is 0 Å². The van der Waals surface area contributed by atoms with E-state index in [0.717, 1.165) is 29.1 Å². The van der Waals surface area contributed by atoms with Gasteiger partial charge in [-0.2, -0.15) is 0 Å². The highest BCUT2D eigenvalue weighted by atomic mass is 16.4. The Balaban J connectivity index is 2.64. The molecule has 0 radical (unpaired) electrons. The summed E-state index contributed by atoms with van der Waals surface area (Å²) in [6.07, 6.45) is 0.920. The van der Waals surface area contributed by atoms with Crippen molar-refractivity contribution in [3.8, 4) is 0 Å². The zero-order chi connectivity index (χ0) is 7.84. The van der Waals surface area contributed by atoms with Crippen molar-refractivity contribution in [1.29, 1.82) is 0 Å². The predicted molar refractivity (Wildman–Crippen MR) is 42.6 cm³/mol. The summed E-state index contributed by atoms with van der Waals surface area (Å²) in [6, 6.07) is 3.86. The Kier molecular flexibility index (Phi) is 1.28. The van der Waals surface area contributed by atoms with Crippen molar-refractivity contribution in [2.75, 3.05) is 0 Å². The molecule has 0 unspecified atom stereocenters. The highest BCUT2D eigenvalue weighted by Crippen LogP contribution is 2.22. The molecular weight excluding hydrogens is 140 g/mol. The lowest BCUT2D eigenvalue weighted by molar-refractivity contribution is 0.557. The van der Waals surface area contributed by atoms with Gasteiger partial charge in [-0.1, -0.05) is 6.92 Å². The van der Waals surface area contributed by atoms with E-state index in [4.69, 9.17) is 8.83 Å². The topological polar surface area (TPSA) is 26.3 Å². The van der Waals surface area contributed by atoms with E-state index in [2.05, 4.69) is 6.92 Å². The summed E-state index contributed by atoms with van der Waals surface area (Å²) in [5.41, 5.74) is 1.72. The zero-order valence-electron chi connectivity index (χ0n) is 6.68. The molecule has 2 rings (SSSR count). The molecular formula is C9H10O2. The molecule has 2 heteroatoms. The lowest BCUT2D eigenvalue weighted by atomic mass is 10.3. The van der Waals surface area contributed by atoms with Gasteiger partial charge in [-0.3, -0.25) is 0 Å². The second-order valence-corrected chi connectivity index (χ2v) is 2.65. The van der Waals surface area contributed by atoms with Crippen molar-refractivity contribution in [3.63, 3.8) is 0 Å². The van der Waals surface area contributed by atoms with Crippen LogP contribution in [0, 0.1) is 6.92 Å². The van der Waals surface area contributed by atoms with Crippen LogP contribution in [0.4, 0.5) is 0 Å². The van der Waals surface area contributed by atoms with Gasteiger partial charge in [-0.15, -0.1) is 0 Å². The predicted octanol–water partition coefficient (Wildman–Crippen LogP) is 2.90. The number of fused-ring (bicyclic) bond motifs is 1. The number of hydrogen-bond donors (Lipinski definition) is 0. The third-order valence-electron chi connectivity index (χ3n) is 1.73. The fraction of sp³-hybridized carbons (Fsp3) is 0.333. The minimum absolute atomic E-state index is 0.861. The number of aryl methyl sites for hydroxylation is 2. The summed E-state index contributed by atoms with van der Waals surface area (Å²) in [6.45, 7) is 3.98. The minimum atomic E-state index is 0.861. The van der Waals surface area contributed by atoms with E-state index >= 15 is 0 Å². The zero-order valence-corrected chi connectivity index (χ0v) is 6.68. The number of rotatable bonds is 1. The lowest BCUT2D eigenvalue weighted by Gasteiger charge is -1.82. The molecule has 0 N–H and O–H groups in total. The maximum atomic E-state index is 5.44. The molecule has 0 saturated heterocycles. The Morgan fingerprint density at radius 1 is 1.18 bits per heavy atom. The molecule has 0 saturated carbocycles. The average molecular weight is 150 g/mol. The largest absolute Gasteiger partial charge is 0.458 e. The molecule has 0 fully saturated rings. The molecule has 0 aliphatic rings. The van der Waals surface area contributed by atoms with E-state index in [9.17, 15) is 0 Å². The van der Waals surface area contributed by atoms with Crippen LogP contribution < -0.4 is 0 Å². The smallest absolute Gasteiger partial charge is 0.172 e. The van der Waals surface area contributed by atoms with Gasteiger partial charge in [-0.05, 0) is 6.92 Å². The van der Waals surface area contributed by atoms with Gasteiger partial charge in [-0.25, -0.2) is 0 Å². The Bertz CT molecular complexity index is 336. The van der Waals surface area contributed by atoms with Crippen molar-refractivity contribution in [2.45, 2.75) is 20.3 Å². The Morgan fingerprint density at radius 2 is 1.91 bits per heavy atom. The van der Waals surface area contributed by atoms with Gasteiger partial charge in [0, 0.05) is 18.6 Å². The first-order valence-electron chi connectivity index (χ1n) is 3.78. The summed E-state index contributed by atoms with van der Waals surface area (Å²) in [7, 11) is 0. The summed E-state index contributed by atoms with van der Waals surface area (Å²) >= 11 is 0. The molecule has 11 heavy (non-hydrogen) atoms. The van der Waals surface area contributed by atoms with Crippen LogP contribution in [0.2, 0.25) is 0 Å². The van der Waals surface area contributed by atoms with Crippen LogP contribution in [0.15, 0.2) is 21.0 Å². The van der Waals surface area contributed by atoms with E-state index in [1.165, 1.54) is 0 Å². The van der Waals surface area contributed by atoms with Gasteiger partial charge < -0.3 is 8.83 Å². The maximum absolute atomic E-state index is 5.44. The SMILES string of the molecule is CCc1cc2oc(C)cc2o1. The molecule has 0 aliphatic carbocycles. The van der Waals surface area contributed by atoms with Gasteiger partial charge in [0.15, 0.2) is 11.2 Å². The molecule has 0 spiro atoms. The van der Waals surface area contributed by atoms with Crippen molar-refractivity contribution >= 4 is 11.2 Å². The summed E-state index contributed by atoms with van der Waals surface area (Å²) in [5.74, 6) is 1.89. The molecule has 2 nitrogen and oxygen atoms in total. The molecule has 0 aromatic carbocycles. The van der Waals surface area contributed by atoms with Crippen molar-refractivity contribution in [3.05, 3.63) is 23.7 Å². The van der Waals surface area contributed by atoms with Crippen molar-refractivity contribution in [1.82, 2.24) is 0 Å². The third kappa shape index (κ3) is 0.946. The van der Waals surface area contributed by atoms with E-state index < -0.39 is 0 Å². The van der Waals surface area contributed by atoms with Gasteiger partial charge in [0.05, 0.1) is 0 Å². The van der Waals surface area contributed by atoms with E-state index in [-0.39, 0.29) is 0 Å².